The third-order valence-electron chi connectivity index (χ3n) is 5.14. The predicted octanol–water partition coefficient (Wildman–Crippen LogP) is 2.61. The molecular formula is C24H42N4O3. The third kappa shape index (κ3) is 13.7. The number of phenols is 1. The number of benzene rings is 1. The first-order valence-corrected chi connectivity index (χ1v) is 11.8. The van der Waals surface area contributed by atoms with Crippen LogP contribution in [-0.2, 0) is 16.0 Å². The van der Waals surface area contributed by atoms with Crippen LogP contribution in [0.15, 0.2) is 24.3 Å². The monoisotopic (exact) mass is 434 g/mol. The summed E-state index contributed by atoms with van der Waals surface area (Å²) in [4.78, 5) is 24.7. The molecule has 0 saturated carbocycles. The summed E-state index contributed by atoms with van der Waals surface area (Å²) in [7, 11) is 0. The van der Waals surface area contributed by atoms with Crippen LogP contribution in [0.4, 0.5) is 0 Å². The number of aromatic hydroxyl groups is 1. The average molecular weight is 435 g/mol. The zero-order valence-corrected chi connectivity index (χ0v) is 19.1. The molecule has 0 aliphatic heterocycles. The molecule has 0 heterocycles. The van der Waals surface area contributed by atoms with E-state index in [0.717, 1.165) is 63.7 Å². The number of amides is 2. The number of unbranched alkanes of at least 4 members (excludes halogenated alkanes) is 5. The molecule has 1 atom stereocenters. The Morgan fingerprint density at radius 3 is 2.19 bits per heavy atom. The second-order valence-electron chi connectivity index (χ2n) is 8.05. The molecule has 0 radical (unpaired) electrons. The van der Waals surface area contributed by atoms with E-state index < -0.39 is 6.04 Å². The molecule has 7 heteroatoms. The molecule has 0 aliphatic carbocycles. The largest absolute Gasteiger partial charge is 0.508 e. The standard InChI is InChI=1S/C24H42N4O3/c1-2-10-23(30)28-22(19-20-11-13-21(29)14-12-20)24(31)27-18-8-5-3-4-7-16-26-17-9-6-15-25/h11-14,22,26,29H,2-10,15-19,25H2,1H3,(H,27,31)(H,28,30)/t22-/m0/s1. The van der Waals surface area contributed by atoms with Crippen molar-refractivity contribution in [2.24, 2.45) is 5.73 Å². The van der Waals surface area contributed by atoms with Crippen molar-refractivity contribution in [3.63, 3.8) is 0 Å². The Balaban J connectivity index is 2.25. The Morgan fingerprint density at radius 1 is 0.935 bits per heavy atom. The smallest absolute Gasteiger partial charge is 0.242 e. The van der Waals surface area contributed by atoms with Gasteiger partial charge in [-0.2, -0.15) is 0 Å². The van der Waals surface area contributed by atoms with E-state index in [4.69, 9.17) is 5.73 Å². The fourth-order valence-corrected chi connectivity index (χ4v) is 3.33. The molecule has 0 aromatic heterocycles. The van der Waals surface area contributed by atoms with Gasteiger partial charge in [-0.05, 0) is 69.4 Å². The molecule has 0 bridgehead atoms. The van der Waals surface area contributed by atoms with Crippen LogP contribution in [0.25, 0.3) is 0 Å². The van der Waals surface area contributed by atoms with Gasteiger partial charge >= 0.3 is 0 Å². The zero-order valence-electron chi connectivity index (χ0n) is 19.1. The van der Waals surface area contributed by atoms with Gasteiger partial charge in [0.1, 0.15) is 11.8 Å². The van der Waals surface area contributed by atoms with Gasteiger partial charge in [-0.15, -0.1) is 0 Å². The van der Waals surface area contributed by atoms with Crippen LogP contribution in [0.2, 0.25) is 0 Å². The minimum Gasteiger partial charge on any atom is -0.508 e. The van der Waals surface area contributed by atoms with E-state index in [0.29, 0.717) is 19.4 Å². The van der Waals surface area contributed by atoms with Crippen molar-refractivity contribution in [1.29, 1.82) is 0 Å². The lowest BCUT2D eigenvalue weighted by Gasteiger charge is -2.19. The number of carbonyl (C=O) groups is 2. The molecule has 1 aromatic rings. The van der Waals surface area contributed by atoms with E-state index in [-0.39, 0.29) is 17.6 Å². The first kappa shape index (κ1) is 26.9. The molecule has 176 valence electrons. The normalized spacial score (nSPS) is 11.8. The number of hydrogen-bond donors (Lipinski definition) is 5. The quantitative estimate of drug-likeness (QED) is 0.228. The third-order valence-corrected chi connectivity index (χ3v) is 5.14. The molecule has 0 saturated heterocycles. The maximum absolute atomic E-state index is 12.6. The number of nitrogens with two attached hydrogens (primary N) is 1. The lowest BCUT2D eigenvalue weighted by Crippen LogP contribution is -2.48. The van der Waals surface area contributed by atoms with Crippen molar-refractivity contribution in [2.75, 3.05) is 26.2 Å². The lowest BCUT2D eigenvalue weighted by molar-refractivity contribution is -0.129. The maximum atomic E-state index is 12.6. The van der Waals surface area contributed by atoms with Crippen LogP contribution >= 0.6 is 0 Å². The van der Waals surface area contributed by atoms with E-state index >= 15 is 0 Å². The molecule has 0 fully saturated rings. The Hall–Kier alpha value is -2.12. The fourth-order valence-electron chi connectivity index (χ4n) is 3.33. The topological polar surface area (TPSA) is 116 Å². The SMILES string of the molecule is CCCC(=O)N[C@@H](Cc1ccc(O)cc1)C(=O)NCCCCCCCNCCCCN. The number of carbonyl (C=O) groups excluding carboxylic acids is 2. The van der Waals surface area contributed by atoms with Gasteiger partial charge in [0.15, 0.2) is 0 Å². The lowest BCUT2D eigenvalue weighted by atomic mass is 10.0. The minimum atomic E-state index is -0.603. The fraction of sp³-hybridized carbons (Fsp3) is 0.667. The van der Waals surface area contributed by atoms with Gasteiger partial charge in [0.05, 0.1) is 0 Å². The number of rotatable bonds is 18. The van der Waals surface area contributed by atoms with Crippen molar-refractivity contribution in [3.05, 3.63) is 29.8 Å². The van der Waals surface area contributed by atoms with Gasteiger partial charge in [-0.25, -0.2) is 0 Å². The summed E-state index contributed by atoms with van der Waals surface area (Å²) >= 11 is 0. The van der Waals surface area contributed by atoms with Crippen LogP contribution in [0, 0.1) is 0 Å². The first-order valence-electron chi connectivity index (χ1n) is 11.8. The van der Waals surface area contributed by atoms with E-state index in [2.05, 4.69) is 16.0 Å². The van der Waals surface area contributed by atoms with Gasteiger partial charge < -0.3 is 26.8 Å². The van der Waals surface area contributed by atoms with Crippen molar-refractivity contribution >= 4 is 11.8 Å². The second-order valence-corrected chi connectivity index (χ2v) is 8.05. The van der Waals surface area contributed by atoms with E-state index in [1.54, 1.807) is 24.3 Å². The van der Waals surface area contributed by atoms with E-state index in [1.807, 2.05) is 6.92 Å². The highest BCUT2D eigenvalue weighted by Crippen LogP contribution is 2.12. The van der Waals surface area contributed by atoms with Gasteiger partial charge in [-0.1, -0.05) is 38.3 Å². The van der Waals surface area contributed by atoms with E-state index in [1.165, 1.54) is 12.8 Å². The summed E-state index contributed by atoms with van der Waals surface area (Å²) in [6.45, 7) is 5.42. The molecule has 6 N–H and O–H groups in total. The van der Waals surface area contributed by atoms with Crippen molar-refractivity contribution in [2.45, 2.75) is 77.2 Å². The predicted molar refractivity (Wildman–Crippen MR) is 126 cm³/mol. The zero-order chi connectivity index (χ0) is 22.7. The molecule has 0 unspecified atom stereocenters. The highest BCUT2D eigenvalue weighted by Gasteiger charge is 2.20. The van der Waals surface area contributed by atoms with E-state index in [9.17, 15) is 14.7 Å². The van der Waals surface area contributed by atoms with Crippen molar-refractivity contribution < 1.29 is 14.7 Å². The molecule has 2 amide bonds. The van der Waals surface area contributed by atoms with Crippen molar-refractivity contribution in [3.8, 4) is 5.75 Å². The number of phenolic OH excluding ortho intramolecular Hbond substituents is 1. The van der Waals surface area contributed by atoms with Crippen LogP contribution in [0.5, 0.6) is 5.75 Å². The second kappa shape index (κ2) is 17.5. The Morgan fingerprint density at radius 2 is 1.55 bits per heavy atom. The number of nitrogens with one attached hydrogen (secondary N) is 3. The van der Waals surface area contributed by atoms with Gasteiger partial charge in [0.25, 0.3) is 0 Å². The van der Waals surface area contributed by atoms with Crippen molar-refractivity contribution in [1.82, 2.24) is 16.0 Å². The molecule has 1 aromatic carbocycles. The molecule has 0 spiro atoms. The number of hydrogen-bond acceptors (Lipinski definition) is 5. The Kier molecular flexibility index (Phi) is 15.2. The molecule has 31 heavy (non-hydrogen) atoms. The van der Waals surface area contributed by atoms with Crippen LogP contribution in [0.1, 0.15) is 70.3 Å². The van der Waals surface area contributed by atoms with Gasteiger partial charge in [0.2, 0.25) is 11.8 Å². The van der Waals surface area contributed by atoms with Crippen LogP contribution < -0.4 is 21.7 Å². The molecular weight excluding hydrogens is 392 g/mol. The first-order chi connectivity index (χ1) is 15.1. The summed E-state index contributed by atoms with van der Waals surface area (Å²) < 4.78 is 0. The molecule has 0 aliphatic rings. The molecule has 7 nitrogen and oxygen atoms in total. The van der Waals surface area contributed by atoms with Crippen LogP contribution in [-0.4, -0.2) is 49.1 Å². The summed E-state index contributed by atoms with van der Waals surface area (Å²) in [5.41, 5.74) is 6.37. The highest BCUT2D eigenvalue weighted by atomic mass is 16.3. The minimum absolute atomic E-state index is 0.113. The summed E-state index contributed by atoms with van der Waals surface area (Å²) in [5.74, 6) is -0.0839. The highest BCUT2D eigenvalue weighted by molar-refractivity contribution is 5.87. The Labute approximate surface area is 187 Å². The van der Waals surface area contributed by atoms with Crippen LogP contribution in [0.3, 0.4) is 0 Å². The molecule has 1 rings (SSSR count). The average Bonchev–Trinajstić information content (AvgIpc) is 2.75. The summed E-state index contributed by atoms with van der Waals surface area (Å²) in [6, 6.07) is 6.12. The Bertz CT molecular complexity index is 607. The van der Waals surface area contributed by atoms with Gasteiger partial charge in [-0.3, -0.25) is 9.59 Å². The summed E-state index contributed by atoms with van der Waals surface area (Å²) in [5, 5.41) is 18.7. The summed E-state index contributed by atoms with van der Waals surface area (Å²) in [6.07, 6.45) is 9.30. The maximum Gasteiger partial charge on any atom is 0.242 e. The van der Waals surface area contributed by atoms with Gasteiger partial charge in [0, 0.05) is 19.4 Å².